The number of rotatable bonds is 3. The van der Waals surface area contributed by atoms with Crippen molar-refractivity contribution in [3.8, 4) is 0 Å². The number of nitrogens with zero attached hydrogens (tertiary/aromatic N) is 1. The third-order valence-corrected chi connectivity index (χ3v) is 6.21. The zero-order valence-electron chi connectivity index (χ0n) is 12.2. The maximum Gasteiger partial charge on any atom is 0.254 e. The highest BCUT2D eigenvalue weighted by Gasteiger charge is 2.40. The van der Waals surface area contributed by atoms with E-state index in [1.165, 1.54) is 25.7 Å². The van der Waals surface area contributed by atoms with E-state index < -0.39 is 0 Å². The summed E-state index contributed by atoms with van der Waals surface area (Å²) in [7, 11) is 1.95. The fraction of sp³-hybridized carbons (Fsp3) is 0.588. The standard InChI is InChI=1S/C17H22BrNO/c1-11-4-3-5-15(16(11)18)17(20)19(2)10-14-9-12-6-7-13(14)8-12/h3-5,12-14H,6-10H2,1-2H3. The van der Waals surface area contributed by atoms with E-state index in [1.807, 2.05) is 37.1 Å². The molecule has 0 N–H and O–H groups in total. The lowest BCUT2D eigenvalue weighted by Gasteiger charge is -2.27. The van der Waals surface area contributed by atoms with E-state index in [-0.39, 0.29) is 5.91 Å². The van der Waals surface area contributed by atoms with Gasteiger partial charge in [-0.2, -0.15) is 0 Å². The molecule has 3 unspecified atom stereocenters. The number of halogens is 1. The van der Waals surface area contributed by atoms with Crippen molar-refractivity contribution in [2.75, 3.05) is 13.6 Å². The number of hydrogen-bond donors (Lipinski definition) is 0. The molecule has 0 saturated heterocycles. The smallest absolute Gasteiger partial charge is 0.254 e. The Morgan fingerprint density at radius 1 is 1.35 bits per heavy atom. The fourth-order valence-electron chi connectivity index (χ4n) is 4.05. The molecule has 2 aliphatic carbocycles. The molecule has 2 bridgehead atoms. The lowest BCUT2D eigenvalue weighted by atomic mass is 9.88. The summed E-state index contributed by atoms with van der Waals surface area (Å²) < 4.78 is 0.935. The molecule has 0 aliphatic heterocycles. The van der Waals surface area contributed by atoms with Crippen LogP contribution >= 0.6 is 15.9 Å². The maximum atomic E-state index is 12.6. The van der Waals surface area contributed by atoms with E-state index in [0.717, 1.165) is 39.9 Å². The van der Waals surface area contributed by atoms with Crippen molar-refractivity contribution < 1.29 is 4.79 Å². The second-order valence-electron chi connectivity index (χ2n) is 6.56. The Morgan fingerprint density at radius 2 is 2.15 bits per heavy atom. The average Bonchev–Trinajstić information content (AvgIpc) is 3.03. The highest BCUT2D eigenvalue weighted by atomic mass is 79.9. The first kappa shape index (κ1) is 14.1. The van der Waals surface area contributed by atoms with Crippen LogP contribution in [-0.2, 0) is 0 Å². The van der Waals surface area contributed by atoms with Gasteiger partial charge in [0.2, 0.25) is 0 Å². The van der Waals surface area contributed by atoms with Crippen LogP contribution in [0.5, 0.6) is 0 Å². The number of carbonyl (C=O) groups is 1. The van der Waals surface area contributed by atoms with Crippen LogP contribution in [0.2, 0.25) is 0 Å². The quantitative estimate of drug-likeness (QED) is 0.807. The van der Waals surface area contributed by atoms with Crippen molar-refractivity contribution in [3.05, 3.63) is 33.8 Å². The summed E-state index contributed by atoms with van der Waals surface area (Å²) in [5, 5.41) is 0. The van der Waals surface area contributed by atoms with E-state index in [9.17, 15) is 4.79 Å². The molecule has 2 aliphatic rings. The van der Waals surface area contributed by atoms with Crippen LogP contribution in [0.3, 0.4) is 0 Å². The summed E-state index contributed by atoms with van der Waals surface area (Å²) in [6.45, 7) is 2.94. The Kier molecular flexibility index (Phi) is 3.89. The molecule has 1 aromatic carbocycles. The number of aryl methyl sites for hydroxylation is 1. The molecule has 2 fully saturated rings. The van der Waals surface area contributed by atoms with Crippen molar-refractivity contribution in [1.82, 2.24) is 4.90 Å². The van der Waals surface area contributed by atoms with Gasteiger partial charge in [-0.25, -0.2) is 0 Å². The number of amides is 1. The van der Waals surface area contributed by atoms with E-state index in [4.69, 9.17) is 0 Å². The van der Waals surface area contributed by atoms with Gasteiger partial charge in [0.1, 0.15) is 0 Å². The van der Waals surface area contributed by atoms with Gasteiger partial charge in [0.25, 0.3) is 5.91 Å². The molecule has 1 amide bonds. The summed E-state index contributed by atoms with van der Waals surface area (Å²) in [4.78, 5) is 14.5. The minimum absolute atomic E-state index is 0.142. The lowest BCUT2D eigenvalue weighted by molar-refractivity contribution is 0.0753. The van der Waals surface area contributed by atoms with Crippen LogP contribution < -0.4 is 0 Å². The highest BCUT2D eigenvalue weighted by Crippen LogP contribution is 2.48. The van der Waals surface area contributed by atoms with E-state index in [1.54, 1.807) is 0 Å². The molecule has 2 saturated carbocycles. The van der Waals surface area contributed by atoms with Crippen LogP contribution in [0.4, 0.5) is 0 Å². The first-order valence-electron chi connectivity index (χ1n) is 7.57. The number of hydrogen-bond acceptors (Lipinski definition) is 1. The van der Waals surface area contributed by atoms with Gasteiger partial charge in [-0.1, -0.05) is 18.6 Å². The van der Waals surface area contributed by atoms with Crippen LogP contribution in [0.25, 0.3) is 0 Å². The Balaban J connectivity index is 1.69. The summed E-state index contributed by atoms with van der Waals surface area (Å²) in [6.07, 6.45) is 5.53. The molecule has 1 aromatic rings. The van der Waals surface area contributed by atoms with Gasteiger partial charge in [0, 0.05) is 18.1 Å². The normalized spacial score (nSPS) is 27.9. The first-order chi connectivity index (χ1) is 9.56. The van der Waals surface area contributed by atoms with Crippen molar-refractivity contribution in [1.29, 1.82) is 0 Å². The van der Waals surface area contributed by atoms with Crippen molar-refractivity contribution in [3.63, 3.8) is 0 Å². The van der Waals surface area contributed by atoms with Crippen molar-refractivity contribution in [2.24, 2.45) is 17.8 Å². The molecule has 3 rings (SSSR count). The molecule has 0 radical (unpaired) electrons. The predicted molar refractivity (Wildman–Crippen MR) is 84.8 cm³/mol. The van der Waals surface area contributed by atoms with Gasteiger partial charge >= 0.3 is 0 Å². The summed E-state index contributed by atoms with van der Waals surface area (Å²) >= 11 is 3.55. The third kappa shape index (κ3) is 2.52. The molecular formula is C17H22BrNO. The van der Waals surface area contributed by atoms with Crippen LogP contribution in [0, 0.1) is 24.7 Å². The fourth-order valence-corrected chi connectivity index (χ4v) is 4.49. The van der Waals surface area contributed by atoms with Gasteiger partial charge in [-0.15, -0.1) is 0 Å². The Bertz CT molecular complexity index is 528. The average molecular weight is 336 g/mol. The van der Waals surface area contributed by atoms with Crippen LogP contribution in [0.15, 0.2) is 22.7 Å². The zero-order chi connectivity index (χ0) is 14.3. The predicted octanol–water partition coefficient (Wildman–Crippen LogP) is 4.27. The first-order valence-corrected chi connectivity index (χ1v) is 8.36. The van der Waals surface area contributed by atoms with Crippen LogP contribution in [-0.4, -0.2) is 24.4 Å². The Hall–Kier alpha value is -0.830. The van der Waals surface area contributed by atoms with Gasteiger partial charge in [-0.05, 0) is 71.5 Å². The molecule has 2 nitrogen and oxygen atoms in total. The minimum atomic E-state index is 0.142. The Labute approximate surface area is 129 Å². The largest absolute Gasteiger partial charge is 0.341 e. The van der Waals surface area contributed by atoms with Crippen molar-refractivity contribution >= 4 is 21.8 Å². The van der Waals surface area contributed by atoms with Crippen molar-refractivity contribution in [2.45, 2.75) is 32.6 Å². The second-order valence-corrected chi connectivity index (χ2v) is 7.35. The number of carbonyl (C=O) groups excluding carboxylic acids is 1. The van der Waals surface area contributed by atoms with E-state index in [2.05, 4.69) is 15.9 Å². The molecule has 0 heterocycles. The molecular weight excluding hydrogens is 314 g/mol. The third-order valence-electron chi connectivity index (χ3n) is 5.16. The molecule has 0 spiro atoms. The van der Waals surface area contributed by atoms with Gasteiger partial charge in [0.15, 0.2) is 0 Å². The van der Waals surface area contributed by atoms with Crippen LogP contribution in [0.1, 0.15) is 41.6 Å². The lowest BCUT2D eigenvalue weighted by Crippen LogP contribution is -2.34. The molecule has 3 heteroatoms. The topological polar surface area (TPSA) is 20.3 Å². The van der Waals surface area contributed by atoms with Gasteiger partial charge in [0.05, 0.1) is 5.56 Å². The summed E-state index contributed by atoms with van der Waals surface area (Å²) in [5.74, 6) is 2.69. The monoisotopic (exact) mass is 335 g/mol. The SMILES string of the molecule is Cc1cccc(C(=O)N(C)CC2CC3CCC2C3)c1Br. The van der Waals surface area contributed by atoms with Gasteiger partial charge in [-0.3, -0.25) is 4.79 Å². The molecule has 0 aromatic heterocycles. The summed E-state index contributed by atoms with van der Waals surface area (Å²) in [6, 6.07) is 5.90. The Morgan fingerprint density at radius 3 is 2.80 bits per heavy atom. The van der Waals surface area contributed by atoms with E-state index in [0.29, 0.717) is 0 Å². The zero-order valence-corrected chi connectivity index (χ0v) is 13.8. The highest BCUT2D eigenvalue weighted by molar-refractivity contribution is 9.10. The molecule has 20 heavy (non-hydrogen) atoms. The number of benzene rings is 1. The summed E-state index contributed by atoms with van der Waals surface area (Å²) in [5.41, 5.74) is 1.90. The minimum Gasteiger partial charge on any atom is -0.341 e. The second kappa shape index (κ2) is 5.51. The van der Waals surface area contributed by atoms with E-state index >= 15 is 0 Å². The van der Waals surface area contributed by atoms with Gasteiger partial charge < -0.3 is 4.90 Å². The molecule has 108 valence electrons. The maximum absolute atomic E-state index is 12.6. The number of fused-ring (bicyclic) bond motifs is 2. The molecule has 3 atom stereocenters.